The number of allylic oxidation sites excluding steroid dienone is 1. The van der Waals surface area contributed by atoms with Gasteiger partial charge in [0.25, 0.3) is 0 Å². The second kappa shape index (κ2) is 7.92. The van der Waals surface area contributed by atoms with E-state index in [0.29, 0.717) is 15.6 Å². The predicted octanol–water partition coefficient (Wildman–Crippen LogP) is 3.07. The lowest BCUT2D eigenvalue weighted by Crippen LogP contribution is -2.41. The zero-order chi connectivity index (χ0) is 15.1. The number of hydrogen-bond donors (Lipinski definition) is 2. The standard InChI is InChI=1S/C14H15Cl2NO3/c1-2-3-4-12(14(19)20)17-13(18)7-9-5-6-10(15)8-11(9)16/h2-3,5-6,8,12H,4,7H2,1H3,(H,17,18)(H,19,20)/b3-2+. The fourth-order valence-corrected chi connectivity index (χ4v) is 2.05. The number of rotatable bonds is 6. The molecule has 1 aromatic carbocycles. The molecule has 0 bridgehead atoms. The van der Waals surface area contributed by atoms with Crippen LogP contribution in [-0.2, 0) is 16.0 Å². The van der Waals surface area contributed by atoms with Crippen molar-refractivity contribution in [2.75, 3.05) is 0 Å². The van der Waals surface area contributed by atoms with Crippen LogP contribution in [0.2, 0.25) is 10.0 Å². The molecule has 0 saturated heterocycles. The van der Waals surface area contributed by atoms with Crippen LogP contribution in [0, 0.1) is 0 Å². The maximum atomic E-state index is 11.8. The Morgan fingerprint density at radius 3 is 2.65 bits per heavy atom. The topological polar surface area (TPSA) is 66.4 Å². The number of carbonyl (C=O) groups excluding carboxylic acids is 1. The first-order valence-corrected chi connectivity index (χ1v) is 6.77. The van der Waals surface area contributed by atoms with Gasteiger partial charge in [-0.2, -0.15) is 0 Å². The number of carboxylic acid groups (broad SMARTS) is 1. The van der Waals surface area contributed by atoms with Crippen LogP contribution in [0.25, 0.3) is 0 Å². The van der Waals surface area contributed by atoms with Gasteiger partial charge < -0.3 is 10.4 Å². The summed E-state index contributed by atoms with van der Waals surface area (Å²) in [6.07, 6.45) is 3.67. The number of halogens is 2. The molecular weight excluding hydrogens is 301 g/mol. The Labute approximate surface area is 127 Å². The van der Waals surface area contributed by atoms with E-state index < -0.39 is 17.9 Å². The van der Waals surface area contributed by atoms with Crippen molar-refractivity contribution in [3.05, 3.63) is 46.0 Å². The number of carboxylic acids is 1. The summed E-state index contributed by atoms with van der Waals surface area (Å²) in [5, 5.41) is 12.3. The molecule has 6 heteroatoms. The number of nitrogens with one attached hydrogen (secondary N) is 1. The van der Waals surface area contributed by atoms with Crippen molar-refractivity contribution in [3.63, 3.8) is 0 Å². The zero-order valence-corrected chi connectivity index (χ0v) is 12.4. The number of amides is 1. The average Bonchev–Trinajstić information content (AvgIpc) is 2.37. The Hall–Kier alpha value is -1.52. The van der Waals surface area contributed by atoms with Crippen molar-refractivity contribution in [1.82, 2.24) is 5.32 Å². The van der Waals surface area contributed by atoms with Crippen LogP contribution >= 0.6 is 23.2 Å². The second-order valence-electron chi connectivity index (χ2n) is 4.18. The van der Waals surface area contributed by atoms with E-state index in [1.807, 2.05) is 0 Å². The van der Waals surface area contributed by atoms with Gasteiger partial charge in [-0.25, -0.2) is 4.79 Å². The number of hydrogen-bond acceptors (Lipinski definition) is 2. The molecule has 1 atom stereocenters. The SMILES string of the molecule is C/C=C/CC(NC(=O)Cc1ccc(Cl)cc1Cl)C(=O)O. The fraction of sp³-hybridized carbons (Fsp3) is 0.286. The van der Waals surface area contributed by atoms with Gasteiger partial charge in [-0.1, -0.05) is 41.4 Å². The smallest absolute Gasteiger partial charge is 0.326 e. The van der Waals surface area contributed by atoms with Crippen molar-refractivity contribution in [2.24, 2.45) is 0 Å². The second-order valence-corrected chi connectivity index (χ2v) is 5.02. The molecule has 0 spiro atoms. The Bertz CT molecular complexity index is 529. The summed E-state index contributed by atoms with van der Waals surface area (Å²) >= 11 is 11.7. The van der Waals surface area contributed by atoms with E-state index in [1.165, 1.54) is 0 Å². The van der Waals surface area contributed by atoms with Crippen LogP contribution < -0.4 is 5.32 Å². The van der Waals surface area contributed by atoms with Crippen LogP contribution in [-0.4, -0.2) is 23.0 Å². The minimum absolute atomic E-state index is 0.00955. The molecule has 1 unspecified atom stereocenters. The summed E-state index contributed by atoms with van der Waals surface area (Å²) in [6.45, 7) is 1.79. The van der Waals surface area contributed by atoms with Crippen LogP contribution in [0.4, 0.5) is 0 Å². The monoisotopic (exact) mass is 315 g/mol. The summed E-state index contributed by atoms with van der Waals surface area (Å²) in [5.41, 5.74) is 0.601. The van der Waals surface area contributed by atoms with Gasteiger partial charge in [-0.05, 0) is 31.0 Å². The van der Waals surface area contributed by atoms with Crippen LogP contribution in [0.15, 0.2) is 30.4 Å². The van der Waals surface area contributed by atoms with E-state index >= 15 is 0 Å². The van der Waals surface area contributed by atoms with E-state index in [0.717, 1.165) is 0 Å². The Morgan fingerprint density at radius 1 is 1.40 bits per heavy atom. The highest BCUT2D eigenvalue weighted by atomic mass is 35.5. The molecule has 2 N–H and O–H groups in total. The summed E-state index contributed by atoms with van der Waals surface area (Å²) in [4.78, 5) is 22.9. The molecule has 0 saturated carbocycles. The van der Waals surface area contributed by atoms with Crippen molar-refractivity contribution < 1.29 is 14.7 Å². The maximum absolute atomic E-state index is 11.8. The minimum atomic E-state index is -1.07. The normalized spacial score (nSPS) is 12.3. The minimum Gasteiger partial charge on any atom is -0.480 e. The molecular formula is C14H15Cl2NO3. The maximum Gasteiger partial charge on any atom is 0.326 e. The van der Waals surface area contributed by atoms with Gasteiger partial charge >= 0.3 is 5.97 Å². The summed E-state index contributed by atoms with van der Waals surface area (Å²) in [5.74, 6) is -1.47. The highest BCUT2D eigenvalue weighted by molar-refractivity contribution is 6.35. The summed E-state index contributed by atoms with van der Waals surface area (Å²) in [6, 6.07) is 3.88. The Balaban J connectivity index is 2.67. The molecule has 0 aromatic heterocycles. The lowest BCUT2D eigenvalue weighted by atomic mass is 10.1. The van der Waals surface area contributed by atoms with Gasteiger partial charge in [-0.3, -0.25) is 4.79 Å². The van der Waals surface area contributed by atoms with Gasteiger partial charge in [0, 0.05) is 10.0 Å². The van der Waals surface area contributed by atoms with Gasteiger partial charge in [0.05, 0.1) is 6.42 Å². The molecule has 0 radical (unpaired) electrons. The van der Waals surface area contributed by atoms with E-state index in [1.54, 1.807) is 37.3 Å². The van der Waals surface area contributed by atoms with Gasteiger partial charge in [0.1, 0.15) is 6.04 Å². The van der Waals surface area contributed by atoms with E-state index in [2.05, 4.69) is 5.32 Å². The number of carbonyl (C=O) groups is 2. The summed E-state index contributed by atoms with van der Waals surface area (Å²) < 4.78 is 0. The van der Waals surface area contributed by atoms with Crippen LogP contribution in [0.5, 0.6) is 0 Å². The molecule has 1 rings (SSSR count). The molecule has 1 aromatic rings. The third kappa shape index (κ3) is 5.23. The van der Waals surface area contributed by atoms with E-state index in [9.17, 15) is 9.59 Å². The number of benzene rings is 1. The Morgan fingerprint density at radius 2 is 2.10 bits per heavy atom. The predicted molar refractivity (Wildman–Crippen MR) is 79.2 cm³/mol. The lowest BCUT2D eigenvalue weighted by Gasteiger charge is -2.13. The molecule has 0 aliphatic heterocycles. The first kappa shape index (κ1) is 16.5. The average molecular weight is 316 g/mol. The zero-order valence-electron chi connectivity index (χ0n) is 10.9. The van der Waals surface area contributed by atoms with Gasteiger partial charge in [-0.15, -0.1) is 0 Å². The molecule has 4 nitrogen and oxygen atoms in total. The van der Waals surface area contributed by atoms with E-state index in [4.69, 9.17) is 28.3 Å². The molecule has 20 heavy (non-hydrogen) atoms. The quantitative estimate of drug-likeness (QED) is 0.793. The van der Waals surface area contributed by atoms with Crippen molar-refractivity contribution in [3.8, 4) is 0 Å². The Kier molecular flexibility index (Phi) is 6.55. The molecule has 0 fully saturated rings. The number of aliphatic carboxylic acids is 1. The fourth-order valence-electron chi connectivity index (χ4n) is 1.58. The molecule has 0 heterocycles. The molecule has 1 amide bonds. The highest BCUT2D eigenvalue weighted by Crippen LogP contribution is 2.21. The highest BCUT2D eigenvalue weighted by Gasteiger charge is 2.18. The van der Waals surface area contributed by atoms with Crippen LogP contribution in [0.3, 0.4) is 0 Å². The van der Waals surface area contributed by atoms with Gasteiger partial charge in [0.15, 0.2) is 0 Å². The first-order chi connectivity index (χ1) is 9.43. The van der Waals surface area contributed by atoms with Crippen LogP contribution in [0.1, 0.15) is 18.9 Å². The third-order valence-electron chi connectivity index (χ3n) is 2.61. The van der Waals surface area contributed by atoms with Crippen molar-refractivity contribution >= 4 is 35.1 Å². The third-order valence-corrected chi connectivity index (χ3v) is 3.19. The first-order valence-electron chi connectivity index (χ1n) is 6.01. The molecule has 108 valence electrons. The largest absolute Gasteiger partial charge is 0.480 e. The van der Waals surface area contributed by atoms with E-state index in [-0.39, 0.29) is 12.8 Å². The summed E-state index contributed by atoms with van der Waals surface area (Å²) in [7, 11) is 0. The van der Waals surface area contributed by atoms with Crippen molar-refractivity contribution in [1.29, 1.82) is 0 Å². The lowest BCUT2D eigenvalue weighted by molar-refractivity contribution is -0.141. The molecule has 0 aliphatic carbocycles. The van der Waals surface area contributed by atoms with Gasteiger partial charge in [0.2, 0.25) is 5.91 Å². The van der Waals surface area contributed by atoms with Crippen molar-refractivity contribution in [2.45, 2.75) is 25.8 Å². The molecule has 0 aliphatic rings.